The maximum atomic E-state index is 14.2. The van der Waals surface area contributed by atoms with Gasteiger partial charge in [0, 0.05) is 61.1 Å². The quantitative estimate of drug-likeness (QED) is 0.0753. The molecule has 2 heterocycles. The first-order valence-corrected chi connectivity index (χ1v) is 23.0. The number of esters is 1. The predicted molar refractivity (Wildman–Crippen MR) is 230 cm³/mol. The van der Waals surface area contributed by atoms with Crippen LogP contribution in [-0.2, 0) is 14.3 Å². The van der Waals surface area contributed by atoms with Crippen molar-refractivity contribution in [1.29, 1.82) is 0 Å². The van der Waals surface area contributed by atoms with Crippen molar-refractivity contribution in [1.82, 2.24) is 4.98 Å². The van der Waals surface area contributed by atoms with Crippen LogP contribution in [0.15, 0.2) is 35.1 Å². The monoisotopic (exact) mass is 849 g/mol. The number of ether oxygens (including phenoxy) is 1. The second-order valence-electron chi connectivity index (χ2n) is 21.0. The molecule has 11 N–H and O–H groups in total. The third-order valence-electron chi connectivity index (χ3n) is 17.3. The number of fused-ring (bicyclic) bond motifs is 7. The van der Waals surface area contributed by atoms with Gasteiger partial charge in [0.05, 0.1) is 42.0 Å². The van der Waals surface area contributed by atoms with Crippen LogP contribution in [0.4, 0.5) is 0 Å². The van der Waals surface area contributed by atoms with E-state index < -0.39 is 64.0 Å². The fourth-order valence-electron chi connectivity index (χ4n) is 14.0. The normalized spacial score (nSPS) is 45.0. The van der Waals surface area contributed by atoms with Crippen LogP contribution in [0.25, 0.3) is 0 Å². The van der Waals surface area contributed by atoms with Crippen LogP contribution in [0.5, 0.6) is 0 Å². The first kappa shape index (κ1) is 45.8. The Bertz CT molecular complexity index is 1880. The molecule has 1 aliphatic heterocycles. The fraction of sp³-hybridized carbons (Fsp3) is 0.771. The molecule has 0 aromatic carbocycles. The van der Waals surface area contributed by atoms with E-state index in [-0.39, 0.29) is 112 Å². The Balaban J connectivity index is 1.37. The summed E-state index contributed by atoms with van der Waals surface area (Å²) in [4.78, 5) is 35.1. The van der Waals surface area contributed by atoms with Gasteiger partial charge in [-0.3, -0.25) is 14.6 Å². The number of carbonyl (C=O) groups excluding carboxylic acids is 2. The topological polar surface area (TPSA) is 245 Å². The first-order chi connectivity index (χ1) is 28.8. The molecule has 0 amide bonds. The molecule has 13 nitrogen and oxygen atoms in total. The SMILES string of the molecule is CC(C)CC[C@@H]1C[C@H]([C@@H]2COC(=O)[C@H]2c2cc[nH]c2)C#CC[C@H]2C[C@@]3(O)C4=CC(=O)[C@@H]5C[C@@H](O)[C@@H](O)C[C@]5(C)[C@H]4CC[C@]3(CCN=C(N)N)[C@H]2[C@@](C)(O)[C@H](O)C[C@@H](CO)[C@@H]1C. The number of rotatable bonds is 9. The average Bonchev–Trinajstić information content (AvgIpc) is 3.92. The van der Waals surface area contributed by atoms with Gasteiger partial charge in [-0.05, 0) is 129 Å². The lowest BCUT2D eigenvalue weighted by atomic mass is 9.44. The summed E-state index contributed by atoms with van der Waals surface area (Å²) in [5, 5.41) is 72.0. The first-order valence-electron chi connectivity index (χ1n) is 23.0. The predicted octanol–water partition coefficient (Wildman–Crippen LogP) is 3.56. The van der Waals surface area contributed by atoms with Gasteiger partial charge >= 0.3 is 5.97 Å². The maximum absolute atomic E-state index is 14.2. The second kappa shape index (κ2) is 17.4. The van der Waals surface area contributed by atoms with Gasteiger partial charge in [0.25, 0.3) is 0 Å². The molecule has 0 spiro atoms. The summed E-state index contributed by atoms with van der Waals surface area (Å²) in [6.07, 6.45) is 6.44. The molecule has 0 unspecified atom stereocenters. The molecule has 0 radical (unpaired) electrons. The minimum atomic E-state index is -1.79. The number of aromatic amines is 1. The number of nitrogens with zero attached hydrogens (tertiary/aromatic N) is 1. The summed E-state index contributed by atoms with van der Waals surface area (Å²) < 4.78 is 5.77. The van der Waals surface area contributed by atoms with E-state index in [9.17, 15) is 40.2 Å². The zero-order valence-corrected chi connectivity index (χ0v) is 36.8. The number of nitrogens with two attached hydrogens (primary N) is 2. The Morgan fingerprint density at radius 2 is 1.80 bits per heavy atom. The van der Waals surface area contributed by atoms with Gasteiger partial charge in [0.2, 0.25) is 0 Å². The summed E-state index contributed by atoms with van der Waals surface area (Å²) in [6, 6.07) is 1.91. The number of aliphatic hydroxyl groups is 6. The van der Waals surface area contributed by atoms with E-state index in [0.29, 0.717) is 30.8 Å². The van der Waals surface area contributed by atoms with Crippen molar-refractivity contribution in [2.45, 2.75) is 141 Å². The molecule has 1 aromatic rings. The van der Waals surface area contributed by atoms with Crippen LogP contribution < -0.4 is 11.5 Å². The third-order valence-corrected chi connectivity index (χ3v) is 17.3. The lowest BCUT2D eigenvalue weighted by molar-refractivity contribution is -0.189. The van der Waals surface area contributed by atoms with Crippen molar-refractivity contribution in [3.8, 4) is 11.8 Å². The Morgan fingerprint density at radius 3 is 2.48 bits per heavy atom. The number of nitrogens with one attached hydrogen (secondary N) is 1. The molecule has 13 heteroatoms. The van der Waals surface area contributed by atoms with E-state index in [1.165, 1.54) is 0 Å². The molecule has 7 rings (SSSR count). The van der Waals surface area contributed by atoms with Crippen molar-refractivity contribution in [3.05, 3.63) is 35.7 Å². The highest BCUT2D eigenvalue weighted by molar-refractivity contribution is 5.95. The van der Waals surface area contributed by atoms with E-state index in [1.54, 1.807) is 19.2 Å². The molecular formula is C48H72N4O9. The van der Waals surface area contributed by atoms with Crippen molar-refractivity contribution >= 4 is 17.7 Å². The minimum absolute atomic E-state index is 0.0815. The van der Waals surface area contributed by atoms with Crippen molar-refractivity contribution in [2.75, 3.05) is 19.8 Å². The number of hydrogen-bond donors (Lipinski definition) is 9. The van der Waals surface area contributed by atoms with Gasteiger partial charge in [-0.25, -0.2) is 0 Å². The molecule has 4 fully saturated rings. The highest BCUT2D eigenvalue weighted by Crippen LogP contribution is 2.71. The molecule has 61 heavy (non-hydrogen) atoms. The average molecular weight is 849 g/mol. The van der Waals surface area contributed by atoms with E-state index in [2.05, 4.69) is 42.6 Å². The molecule has 6 aliphatic rings. The molecule has 1 saturated heterocycles. The van der Waals surface area contributed by atoms with Crippen molar-refractivity contribution in [2.24, 2.45) is 86.5 Å². The highest BCUT2D eigenvalue weighted by atomic mass is 16.5. The van der Waals surface area contributed by atoms with Crippen LogP contribution in [0.2, 0.25) is 0 Å². The summed E-state index contributed by atoms with van der Waals surface area (Å²) in [5.41, 5.74) is 7.86. The van der Waals surface area contributed by atoms with Crippen LogP contribution in [-0.4, -0.2) is 103 Å². The van der Waals surface area contributed by atoms with Gasteiger partial charge in [0.1, 0.15) is 0 Å². The van der Waals surface area contributed by atoms with E-state index in [0.717, 1.165) is 18.4 Å². The smallest absolute Gasteiger partial charge is 0.313 e. The van der Waals surface area contributed by atoms with Crippen molar-refractivity contribution < 1.29 is 45.0 Å². The van der Waals surface area contributed by atoms with Crippen LogP contribution in [0.3, 0.4) is 0 Å². The molecule has 1 aromatic heterocycles. The zero-order valence-electron chi connectivity index (χ0n) is 36.8. The van der Waals surface area contributed by atoms with Gasteiger partial charge in [-0.1, -0.05) is 40.0 Å². The van der Waals surface area contributed by atoms with Gasteiger partial charge in [-0.2, -0.15) is 0 Å². The number of guanidine groups is 1. The van der Waals surface area contributed by atoms with Crippen molar-refractivity contribution in [3.63, 3.8) is 0 Å². The standard InChI is InChI=1S/C48H72N4O9/c1-26(2)9-10-28-17-29(33-25-61-43(58)41(33)31-12-15-51-23-31)7-6-8-30-21-48(60)35-19-37(54)36-20-38(55)39(56)22-45(36,4)34(35)11-13-47(48,14-16-52-44(49)50)42(30)46(5,59)40(57)18-32(24-53)27(28)3/h12,15,19,23,26-30,32-34,36,38-42,51,53,55-57,59-60H,8-11,13-14,16-18,20-22,24-25H2,1-5H3,(H4,49,50,52)/t27-,28-,29-,30+,32+,33+,34+,36+,38-,39+,40-,41+,42-,45-,46+,47+,48-/m1/s1. The van der Waals surface area contributed by atoms with E-state index in [4.69, 9.17) is 16.2 Å². The minimum Gasteiger partial charge on any atom is -0.465 e. The van der Waals surface area contributed by atoms with Crippen LogP contribution in [0.1, 0.15) is 117 Å². The molecular weight excluding hydrogens is 777 g/mol. The number of allylic oxidation sites excluding steroid dienone is 1. The Morgan fingerprint density at radius 1 is 1.05 bits per heavy atom. The largest absolute Gasteiger partial charge is 0.465 e. The molecule has 0 bridgehead atoms. The summed E-state index contributed by atoms with van der Waals surface area (Å²) in [7, 11) is 0. The Kier molecular flexibility index (Phi) is 13.0. The van der Waals surface area contributed by atoms with Crippen LogP contribution >= 0.6 is 0 Å². The molecule has 3 saturated carbocycles. The maximum Gasteiger partial charge on any atom is 0.313 e. The Labute approximate surface area is 361 Å². The summed E-state index contributed by atoms with van der Waals surface area (Å²) in [5.74, 6) is 3.66. The number of ketones is 1. The number of carbonyl (C=O) groups is 2. The fourth-order valence-corrected chi connectivity index (χ4v) is 14.0. The van der Waals surface area contributed by atoms with Crippen LogP contribution in [0, 0.1) is 81.8 Å². The summed E-state index contributed by atoms with van der Waals surface area (Å²) in [6.45, 7) is 10.3. The van der Waals surface area contributed by atoms with Gasteiger partial charge < -0.3 is 51.8 Å². The lowest BCUT2D eigenvalue weighted by Gasteiger charge is -2.61. The number of aliphatic imine (C=N–C) groups is 1. The molecule has 5 aliphatic carbocycles. The van der Waals surface area contributed by atoms with Gasteiger partial charge in [0.15, 0.2) is 11.7 Å². The molecule has 17 atom stereocenters. The third kappa shape index (κ3) is 8.01. The highest BCUT2D eigenvalue weighted by Gasteiger charge is 2.73. The Hall–Kier alpha value is -3.25. The number of H-pyrrole nitrogens is 1. The number of aromatic nitrogens is 1. The number of hydrogen-bond acceptors (Lipinski definition) is 10. The summed E-state index contributed by atoms with van der Waals surface area (Å²) >= 11 is 0. The number of cyclic esters (lactones) is 1. The van der Waals surface area contributed by atoms with E-state index in [1.807, 2.05) is 19.2 Å². The molecule has 338 valence electrons. The second-order valence-corrected chi connectivity index (χ2v) is 21.0. The van der Waals surface area contributed by atoms with E-state index >= 15 is 0 Å². The number of aliphatic hydroxyl groups excluding tert-OH is 4. The lowest BCUT2D eigenvalue weighted by Crippen LogP contribution is -2.64. The van der Waals surface area contributed by atoms with Gasteiger partial charge in [-0.15, -0.1) is 5.92 Å². The zero-order chi connectivity index (χ0) is 44.2.